The fourth-order valence-electron chi connectivity index (χ4n) is 7.73. The van der Waals surface area contributed by atoms with Crippen molar-refractivity contribution in [2.45, 2.75) is 264 Å². The van der Waals surface area contributed by atoms with Gasteiger partial charge in [-0.15, -0.1) is 0 Å². The van der Waals surface area contributed by atoms with Crippen molar-refractivity contribution in [1.82, 2.24) is 0 Å². The molecule has 0 heterocycles. The summed E-state index contributed by atoms with van der Waals surface area (Å²) in [6.45, 7) is 6.42. The van der Waals surface area contributed by atoms with Crippen LogP contribution in [0.1, 0.15) is 258 Å². The molecule has 0 amide bonds. The van der Waals surface area contributed by atoms with Crippen molar-refractivity contribution in [2.24, 2.45) is 0 Å². The van der Waals surface area contributed by atoms with Gasteiger partial charge in [-0.3, -0.25) is 14.4 Å². The Labute approximate surface area is 443 Å². The minimum absolute atomic E-state index is 0.100. The molecule has 0 aliphatic heterocycles. The van der Waals surface area contributed by atoms with E-state index >= 15 is 0 Å². The Morgan fingerprint density at radius 3 is 0.889 bits per heavy atom. The van der Waals surface area contributed by atoms with E-state index in [2.05, 4.69) is 142 Å². The number of carbonyl (C=O) groups excluding carboxylic acids is 3. The van der Waals surface area contributed by atoms with Gasteiger partial charge in [0, 0.05) is 19.3 Å². The van der Waals surface area contributed by atoms with Crippen LogP contribution in [-0.2, 0) is 28.6 Å². The van der Waals surface area contributed by atoms with Gasteiger partial charge < -0.3 is 14.2 Å². The van der Waals surface area contributed by atoms with Gasteiger partial charge in [0.2, 0.25) is 0 Å². The molecule has 6 heteroatoms. The zero-order valence-electron chi connectivity index (χ0n) is 46.7. The van der Waals surface area contributed by atoms with E-state index in [9.17, 15) is 14.4 Å². The Kier molecular flexibility index (Phi) is 55.9. The number of esters is 3. The van der Waals surface area contributed by atoms with Crippen molar-refractivity contribution in [3.8, 4) is 0 Å². The summed E-state index contributed by atoms with van der Waals surface area (Å²) < 4.78 is 16.9. The minimum atomic E-state index is -0.804. The van der Waals surface area contributed by atoms with Gasteiger partial charge >= 0.3 is 17.9 Å². The van der Waals surface area contributed by atoms with Crippen LogP contribution < -0.4 is 0 Å². The van der Waals surface area contributed by atoms with E-state index in [1.54, 1.807) is 0 Å². The van der Waals surface area contributed by atoms with Crippen LogP contribution in [0.5, 0.6) is 0 Å². The summed E-state index contributed by atoms with van der Waals surface area (Å²) in [6, 6.07) is 0. The number of hydrogen-bond acceptors (Lipinski definition) is 6. The van der Waals surface area contributed by atoms with Crippen LogP contribution in [0.25, 0.3) is 0 Å². The number of carbonyl (C=O) groups is 3. The first-order valence-electron chi connectivity index (χ1n) is 29.5. The monoisotopic (exact) mass is 997 g/mol. The number of allylic oxidation sites excluding steroid dienone is 20. The minimum Gasteiger partial charge on any atom is -0.462 e. The average Bonchev–Trinajstić information content (AvgIpc) is 3.38. The molecule has 0 aliphatic carbocycles. The van der Waals surface area contributed by atoms with Crippen molar-refractivity contribution < 1.29 is 28.6 Å². The Balaban J connectivity index is 4.48. The van der Waals surface area contributed by atoms with Gasteiger partial charge in [0.25, 0.3) is 0 Å². The van der Waals surface area contributed by atoms with Gasteiger partial charge in [-0.1, -0.05) is 232 Å². The summed E-state index contributed by atoms with van der Waals surface area (Å²) in [5, 5.41) is 0. The fraction of sp³-hybridized carbons (Fsp3) is 0.652. The molecule has 0 saturated carbocycles. The summed E-state index contributed by atoms with van der Waals surface area (Å²) in [5.74, 6) is -0.945. The largest absolute Gasteiger partial charge is 0.462 e. The second kappa shape index (κ2) is 59.4. The molecule has 6 nitrogen and oxygen atoms in total. The van der Waals surface area contributed by atoms with Gasteiger partial charge in [-0.25, -0.2) is 0 Å². The zero-order chi connectivity index (χ0) is 52.2. The van der Waals surface area contributed by atoms with E-state index in [-0.39, 0.29) is 31.1 Å². The van der Waals surface area contributed by atoms with E-state index in [0.717, 1.165) is 161 Å². The Morgan fingerprint density at radius 1 is 0.292 bits per heavy atom. The maximum Gasteiger partial charge on any atom is 0.306 e. The number of hydrogen-bond donors (Lipinski definition) is 0. The highest BCUT2D eigenvalue weighted by Crippen LogP contribution is 2.14. The third-order valence-electron chi connectivity index (χ3n) is 12.2. The lowest BCUT2D eigenvalue weighted by atomic mass is 10.1. The topological polar surface area (TPSA) is 78.9 Å². The zero-order valence-corrected chi connectivity index (χ0v) is 46.7. The smallest absolute Gasteiger partial charge is 0.306 e. The molecule has 1 atom stereocenters. The van der Waals surface area contributed by atoms with Crippen molar-refractivity contribution in [3.63, 3.8) is 0 Å². The number of rotatable bonds is 52. The molecule has 0 spiro atoms. The summed E-state index contributed by atoms with van der Waals surface area (Å²) in [6.07, 6.45) is 81.8. The predicted octanol–water partition coefficient (Wildman–Crippen LogP) is 20.0. The second-order valence-electron chi connectivity index (χ2n) is 19.2. The van der Waals surface area contributed by atoms with Crippen molar-refractivity contribution in [2.75, 3.05) is 13.2 Å². The Bertz CT molecular complexity index is 1520. The van der Waals surface area contributed by atoms with Crippen LogP contribution in [0.2, 0.25) is 0 Å². The molecule has 0 N–H and O–H groups in total. The van der Waals surface area contributed by atoms with E-state index in [0.29, 0.717) is 19.3 Å². The van der Waals surface area contributed by atoms with Gasteiger partial charge in [0.15, 0.2) is 6.10 Å². The summed E-state index contributed by atoms with van der Waals surface area (Å²) in [5.41, 5.74) is 0. The first-order valence-corrected chi connectivity index (χ1v) is 29.5. The molecule has 0 bridgehead atoms. The van der Waals surface area contributed by atoms with E-state index in [4.69, 9.17) is 14.2 Å². The first-order chi connectivity index (χ1) is 35.5. The molecular formula is C66H108O6. The van der Waals surface area contributed by atoms with Crippen molar-refractivity contribution >= 4 is 17.9 Å². The second-order valence-corrected chi connectivity index (χ2v) is 19.2. The van der Waals surface area contributed by atoms with Crippen LogP contribution >= 0.6 is 0 Å². The Hall–Kier alpha value is -4.19. The molecule has 408 valence electrons. The molecule has 0 aliphatic rings. The highest BCUT2D eigenvalue weighted by atomic mass is 16.6. The molecule has 0 fully saturated rings. The van der Waals surface area contributed by atoms with Gasteiger partial charge in [-0.05, 0) is 128 Å². The Morgan fingerprint density at radius 2 is 0.556 bits per heavy atom. The lowest BCUT2D eigenvalue weighted by Gasteiger charge is -2.18. The molecular weight excluding hydrogens is 889 g/mol. The normalized spacial score (nSPS) is 13.0. The molecule has 0 saturated heterocycles. The molecule has 0 radical (unpaired) electrons. The molecule has 1 unspecified atom stereocenters. The maximum absolute atomic E-state index is 12.9. The quantitative estimate of drug-likeness (QED) is 0.0261. The molecule has 0 aromatic rings. The van der Waals surface area contributed by atoms with Gasteiger partial charge in [-0.2, -0.15) is 0 Å². The summed E-state index contributed by atoms with van der Waals surface area (Å²) in [4.78, 5) is 38.2. The predicted molar refractivity (Wildman–Crippen MR) is 311 cm³/mol. The third kappa shape index (κ3) is 56.7. The lowest BCUT2D eigenvalue weighted by molar-refractivity contribution is -0.167. The summed E-state index contributed by atoms with van der Waals surface area (Å²) in [7, 11) is 0. The highest BCUT2D eigenvalue weighted by Gasteiger charge is 2.19. The van der Waals surface area contributed by atoms with Crippen LogP contribution in [0.3, 0.4) is 0 Å². The van der Waals surface area contributed by atoms with E-state index < -0.39 is 6.10 Å². The SMILES string of the molecule is CC/C=C\C/C=C\C/C=C\C/C=C\C/C=C\CCCCCCCC(=O)OCC(COC(=O)CCCCCCC/C=C\C/C=C\CCCC)OC(=O)CCCCCCCC/C=C\C/C=C\C/C=C\CCCCC. The lowest BCUT2D eigenvalue weighted by Crippen LogP contribution is -2.30. The highest BCUT2D eigenvalue weighted by molar-refractivity contribution is 5.71. The fourth-order valence-corrected chi connectivity index (χ4v) is 7.73. The van der Waals surface area contributed by atoms with Crippen LogP contribution in [0.4, 0.5) is 0 Å². The van der Waals surface area contributed by atoms with Crippen LogP contribution in [-0.4, -0.2) is 37.2 Å². The summed E-state index contributed by atoms with van der Waals surface area (Å²) >= 11 is 0. The number of ether oxygens (including phenoxy) is 3. The number of unbranched alkanes of at least 4 members (excludes halogenated alkanes) is 21. The van der Waals surface area contributed by atoms with Gasteiger partial charge in [0.1, 0.15) is 13.2 Å². The van der Waals surface area contributed by atoms with Gasteiger partial charge in [0.05, 0.1) is 0 Å². The first kappa shape index (κ1) is 67.8. The average molecular weight is 998 g/mol. The molecule has 0 aromatic heterocycles. The van der Waals surface area contributed by atoms with E-state index in [1.165, 1.54) is 57.8 Å². The maximum atomic E-state index is 12.9. The molecule has 72 heavy (non-hydrogen) atoms. The van der Waals surface area contributed by atoms with Crippen LogP contribution in [0.15, 0.2) is 122 Å². The third-order valence-corrected chi connectivity index (χ3v) is 12.2. The van der Waals surface area contributed by atoms with Crippen LogP contribution in [0, 0.1) is 0 Å². The standard InChI is InChI=1S/C66H108O6/c1-4-7-10-13-16-19-22-25-28-30-32-33-35-36-38-41-44-47-50-53-56-59-65(68)71-62-63(61-70-64(67)58-55-52-49-46-43-40-27-24-21-18-15-12-9-6-3)72-66(69)60-57-54-51-48-45-42-39-37-34-31-29-26-23-20-17-14-11-8-5-2/h7,10,15-20,24-29,32-34,36-38,63H,4-6,8-9,11-14,21-23,30-31,35,39-62H2,1-3H3/b10-7-,18-15-,19-16-,20-17-,27-24-,28-25-,29-26-,33-32-,37-34-,38-36-. The van der Waals surface area contributed by atoms with Crippen molar-refractivity contribution in [3.05, 3.63) is 122 Å². The molecule has 0 aromatic carbocycles. The van der Waals surface area contributed by atoms with E-state index in [1.807, 2.05) is 0 Å². The molecule has 0 rings (SSSR count). The van der Waals surface area contributed by atoms with Crippen molar-refractivity contribution in [1.29, 1.82) is 0 Å².